The monoisotopic (exact) mass is 2040 g/mol. The van der Waals surface area contributed by atoms with Crippen molar-refractivity contribution in [1.29, 1.82) is 0 Å². The second kappa shape index (κ2) is 39.2. The van der Waals surface area contributed by atoms with Crippen LogP contribution in [0, 0.1) is 39.0 Å². The maximum absolute atomic E-state index is 10.0. The van der Waals surface area contributed by atoms with Crippen molar-refractivity contribution in [2.45, 2.75) is 115 Å². The number of carbonyl (C=O) groups excluding carboxylic acids is 3. The van der Waals surface area contributed by atoms with Crippen molar-refractivity contribution in [3.63, 3.8) is 0 Å². The first kappa shape index (κ1) is 83.5. The van der Waals surface area contributed by atoms with E-state index in [1.807, 2.05) is 18.2 Å². The van der Waals surface area contributed by atoms with E-state index in [-0.39, 0.29) is 149 Å². The van der Waals surface area contributed by atoms with E-state index in [1.165, 1.54) is 141 Å². The standard InChI is InChI=1S/C24H22NSe.C23H20NSe.C21H16NSe.3C5H8O2.3Ir/c1-16-12-19(14-20(13-16)24(2,3)4)21-11-10-18-15-22(26-23(18)25-21)17-8-6-5-7-9-17;1-23(2,3)19-12-9-17(10-13-19)21-15-18-11-14-20(24-22(18)25-21)16-7-5-4-6-8-16;1-14-10-15(2)12-18(11-14)19-9-8-17-13-20(23-21(17)22-19)16-6-4-3-5-7-16;3*1-4(6)3-5(2)7;;;/h5-11,13-15H,1-4H3;4-7,9-15H,1-3H3;3-11,13H,1-2H3;3*3,6H,1-2H3;;;/q3*-1;;;;;;. The quantitative estimate of drug-likeness (QED) is 0.0555. The Morgan fingerprint density at radius 1 is 0.388 bits per heavy atom. The smallest absolute Gasteiger partial charge is 0 e. The second-order valence-electron chi connectivity index (χ2n) is 25.1. The first-order valence-electron chi connectivity index (χ1n) is 31.1. The number of rotatable bonds is 9. The molecular weight excluding hydrogens is 1950 g/mol. The van der Waals surface area contributed by atoms with E-state index in [0.29, 0.717) is 0 Å². The summed E-state index contributed by atoms with van der Waals surface area (Å²) in [7, 11) is 0. The first-order valence-corrected chi connectivity index (χ1v) is 36.2. The fraction of sp³-hybridized carbons (Fsp3) is 0.205. The molecule has 0 amide bonds. The molecule has 0 saturated carbocycles. The zero-order valence-electron chi connectivity index (χ0n) is 57.8. The van der Waals surface area contributed by atoms with E-state index < -0.39 is 0 Å². The number of carbonyl (C=O) groups is 3. The van der Waals surface area contributed by atoms with Gasteiger partial charge in [0.05, 0.1) is 17.3 Å². The van der Waals surface area contributed by atoms with Crippen LogP contribution in [0.4, 0.5) is 0 Å². The third kappa shape index (κ3) is 26.3. The molecule has 98 heavy (non-hydrogen) atoms. The third-order valence-electron chi connectivity index (χ3n) is 14.1. The number of allylic oxidation sites excluding steroid dienone is 6. The zero-order chi connectivity index (χ0) is 69.1. The Balaban J connectivity index is 0.000000269. The molecule has 9 nitrogen and oxygen atoms in total. The third-order valence-corrected chi connectivity index (χ3v) is 21.0. The van der Waals surface area contributed by atoms with Crippen LogP contribution in [0.3, 0.4) is 0 Å². The molecule has 0 fully saturated rings. The van der Waals surface area contributed by atoms with Crippen molar-refractivity contribution in [3.05, 3.63) is 270 Å². The Morgan fingerprint density at radius 2 is 0.735 bits per heavy atom. The van der Waals surface area contributed by atoms with Gasteiger partial charge in [0.25, 0.3) is 0 Å². The van der Waals surface area contributed by atoms with Gasteiger partial charge in [0.1, 0.15) is 0 Å². The summed E-state index contributed by atoms with van der Waals surface area (Å²) in [4.78, 5) is 44.9. The maximum atomic E-state index is 10.0. The van der Waals surface area contributed by atoms with Gasteiger partial charge < -0.3 is 15.3 Å². The summed E-state index contributed by atoms with van der Waals surface area (Å²) >= 11 is 0.776. The van der Waals surface area contributed by atoms with Crippen LogP contribution >= 0.6 is 0 Å². The van der Waals surface area contributed by atoms with Crippen LogP contribution in [0.2, 0.25) is 0 Å². The number of pyridine rings is 3. The van der Waals surface area contributed by atoms with Crippen molar-refractivity contribution >= 4 is 90.2 Å². The maximum Gasteiger partial charge on any atom is 0 e. The van der Waals surface area contributed by atoms with E-state index >= 15 is 0 Å². The molecule has 513 valence electrons. The summed E-state index contributed by atoms with van der Waals surface area (Å²) in [5.74, 6) is -0.187. The number of hydrogen-bond donors (Lipinski definition) is 3. The molecule has 0 bridgehead atoms. The molecular formula is C83H82Ir3N3O6Se3-3. The molecule has 0 aliphatic rings. The van der Waals surface area contributed by atoms with Gasteiger partial charge in [0.15, 0.2) is 17.3 Å². The van der Waals surface area contributed by atoms with Crippen LogP contribution in [-0.4, -0.2) is 91.1 Å². The van der Waals surface area contributed by atoms with E-state index in [4.69, 9.17) is 30.3 Å². The number of aliphatic hydroxyl groups excluding tert-OH is 3. The summed E-state index contributed by atoms with van der Waals surface area (Å²) < 4.78 is 7.88. The summed E-state index contributed by atoms with van der Waals surface area (Å²) in [6, 6.07) is 77.1. The predicted molar refractivity (Wildman–Crippen MR) is 398 cm³/mol. The number of aryl methyl sites for hydroxylation is 3. The van der Waals surface area contributed by atoms with E-state index in [2.05, 4.69) is 250 Å². The van der Waals surface area contributed by atoms with Gasteiger partial charge in [0.2, 0.25) is 0 Å². The van der Waals surface area contributed by atoms with Gasteiger partial charge in [-0.2, -0.15) is 0 Å². The first-order chi connectivity index (χ1) is 45.0. The van der Waals surface area contributed by atoms with Crippen LogP contribution in [0.25, 0.3) is 93.1 Å². The van der Waals surface area contributed by atoms with Gasteiger partial charge in [0, 0.05) is 78.5 Å². The molecule has 0 saturated heterocycles. The zero-order valence-corrected chi connectivity index (χ0v) is 70.1. The van der Waals surface area contributed by atoms with Gasteiger partial charge in [-0.15, -0.1) is 0 Å². The average molecular weight is 2030 g/mol. The molecule has 3 radical (unpaired) electrons. The summed E-state index contributed by atoms with van der Waals surface area (Å²) in [6.07, 6.45) is 3.50. The number of nitrogens with zero attached hydrogens (tertiary/aromatic N) is 3. The largest absolute Gasteiger partial charge is 0 e. The topological polar surface area (TPSA) is 151 Å². The number of benzene rings is 6. The fourth-order valence-corrected chi connectivity index (χ4v) is 16.3. The number of aromatic nitrogens is 3. The number of hydrogen-bond acceptors (Lipinski definition) is 9. The molecule has 0 aliphatic heterocycles. The Bertz CT molecular complexity index is 4600. The average Bonchev–Trinajstić information content (AvgIpc) is 1.54. The Hall–Kier alpha value is -6.87. The van der Waals surface area contributed by atoms with Crippen LogP contribution in [-0.2, 0) is 85.5 Å². The molecule has 0 spiro atoms. The molecule has 15 heteroatoms. The minimum absolute atomic E-state index is 0. The van der Waals surface area contributed by atoms with E-state index in [9.17, 15) is 14.4 Å². The van der Waals surface area contributed by atoms with Gasteiger partial charge in [-0.05, 0) is 41.5 Å². The van der Waals surface area contributed by atoms with Crippen molar-refractivity contribution in [2.75, 3.05) is 0 Å². The number of ketones is 3. The molecule has 6 heterocycles. The molecule has 12 rings (SSSR count). The number of fused-ring (bicyclic) bond motifs is 3. The van der Waals surface area contributed by atoms with Crippen molar-refractivity contribution in [2.24, 2.45) is 0 Å². The summed E-state index contributed by atoms with van der Waals surface area (Å²) in [5, 5.41) is 28.9. The van der Waals surface area contributed by atoms with Crippen LogP contribution in [0.1, 0.15) is 111 Å². The molecule has 6 aromatic heterocycles. The van der Waals surface area contributed by atoms with Crippen LogP contribution in [0.5, 0.6) is 0 Å². The van der Waals surface area contributed by atoms with E-state index in [1.54, 1.807) is 0 Å². The summed E-state index contributed by atoms with van der Waals surface area (Å²) in [5.41, 5.74) is 16.9. The van der Waals surface area contributed by atoms with Gasteiger partial charge >= 0.3 is 459 Å². The van der Waals surface area contributed by atoms with Gasteiger partial charge in [-0.1, -0.05) is 0 Å². The summed E-state index contributed by atoms with van der Waals surface area (Å²) in [6.45, 7) is 28.4. The minimum Gasteiger partial charge on any atom is 0 e. The van der Waals surface area contributed by atoms with Crippen molar-refractivity contribution < 1.29 is 90.0 Å². The van der Waals surface area contributed by atoms with Crippen LogP contribution in [0.15, 0.2) is 224 Å². The molecule has 0 atom stereocenters. The molecule has 0 aliphatic carbocycles. The Labute approximate surface area is 637 Å². The molecule has 6 aromatic carbocycles. The number of aliphatic hydroxyl groups is 3. The molecule has 12 aromatic rings. The van der Waals surface area contributed by atoms with E-state index in [0.717, 1.165) is 39.3 Å². The minimum atomic E-state index is -0.125. The Kier molecular flexibility index (Phi) is 33.4. The van der Waals surface area contributed by atoms with Crippen LogP contribution < -0.4 is 0 Å². The van der Waals surface area contributed by atoms with Crippen molar-refractivity contribution in [3.8, 4) is 63.8 Å². The second-order valence-corrected chi connectivity index (χ2v) is 31.6. The fourth-order valence-electron chi connectivity index (χ4n) is 9.72. The van der Waals surface area contributed by atoms with Gasteiger partial charge in [-0.3, -0.25) is 14.4 Å². The Morgan fingerprint density at radius 3 is 1.06 bits per heavy atom. The molecule has 0 unspecified atom stereocenters. The predicted octanol–water partition coefficient (Wildman–Crippen LogP) is 19.9. The van der Waals surface area contributed by atoms with Crippen molar-refractivity contribution in [1.82, 2.24) is 15.0 Å². The molecule has 3 N–H and O–H groups in total. The van der Waals surface area contributed by atoms with Gasteiger partial charge in [-0.25, -0.2) is 0 Å². The normalized spacial score (nSPS) is 11.2. The SMILES string of the molecule is CC(=O)C=C(C)O.CC(=O)C=C(C)O.CC(=O)C=C(C)O.CC(C)(C)c1ccc(-c2cc3ccc(-c4[c-]cccc4)nc3[se]2)cc1.Cc1[c-]c(-c2ccc3cc(-c4ccccc4)[se]c3n2)cc(C(C)(C)C)c1.Cc1[c-]c(-c2ccc3cc(-c4ccccc4)[se]c3n2)cc(C)c1.[Ir].[Ir].[Ir].